The molecule has 0 aliphatic carbocycles. The summed E-state index contributed by atoms with van der Waals surface area (Å²) in [4.78, 5) is 0. The van der Waals surface area contributed by atoms with Crippen molar-refractivity contribution >= 4 is 0 Å². The van der Waals surface area contributed by atoms with Gasteiger partial charge in [0.15, 0.2) is 12.6 Å². The molecule has 15 heteroatoms. The van der Waals surface area contributed by atoms with Crippen LogP contribution in [0.15, 0.2) is 0 Å². The van der Waals surface area contributed by atoms with Gasteiger partial charge in [0.1, 0.15) is 67.1 Å². The number of rotatable bonds is 10. The molecule has 0 aromatic heterocycles. The minimum Gasteiger partial charge on any atom is -0.394 e. The molecule has 14 atom stereocenters. The topological polar surface area (TPSA) is 259 Å². The van der Waals surface area contributed by atoms with Gasteiger partial charge in [-0.1, -0.05) is 0 Å². The zero-order valence-corrected chi connectivity index (χ0v) is 17.8. The molecule has 0 radical (unpaired) electrons. The molecule has 0 bridgehead atoms. The van der Waals surface area contributed by atoms with E-state index in [-0.39, 0.29) is 0 Å². The number of ether oxygens (including phenoxy) is 4. The summed E-state index contributed by atoms with van der Waals surface area (Å²) in [6, 6.07) is 0. The van der Waals surface area contributed by atoms with Gasteiger partial charge in [-0.3, -0.25) is 0 Å². The van der Waals surface area contributed by atoms with Crippen LogP contribution in [-0.4, -0.2) is 162 Å². The molecule has 2 aliphatic heterocycles. The summed E-state index contributed by atoms with van der Waals surface area (Å²) in [7, 11) is 0. The Hall–Kier alpha value is -0.600. The van der Waals surface area contributed by atoms with Gasteiger partial charge in [-0.05, 0) is 6.92 Å². The molecule has 2 aliphatic rings. The zero-order valence-electron chi connectivity index (χ0n) is 17.8. The Morgan fingerprint density at radius 2 is 1.27 bits per heavy atom. The minimum absolute atomic E-state index is 0.739. The first-order chi connectivity index (χ1) is 15.5. The zero-order chi connectivity index (χ0) is 25.0. The van der Waals surface area contributed by atoms with Crippen LogP contribution in [0.4, 0.5) is 0 Å². The van der Waals surface area contributed by atoms with Gasteiger partial charge in [0.25, 0.3) is 0 Å². The molecule has 0 unspecified atom stereocenters. The summed E-state index contributed by atoms with van der Waals surface area (Å²) in [5.41, 5.74) is 0. The smallest absolute Gasteiger partial charge is 0.187 e. The second-order valence-electron chi connectivity index (χ2n) is 8.09. The van der Waals surface area contributed by atoms with E-state index in [0.717, 1.165) is 0 Å². The fourth-order valence-electron chi connectivity index (χ4n) is 3.60. The summed E-state index contributed by atoms with van der Waals surface area (Å²) in [5.74, 6) is 0. The summed E-state index contributed by atoms with van der Waals surface area (Å²) in [6.07, 6.45) is -23.4. The molecule has 2 saturated heterocycles. The van der Waals surface area contributed by atoms with Crippen molar-refractivity contribution in [3.63, 3.8) is 0 Å². The van der Waals surface area contributed by atoms with Gasteiger partial charge >= 0.3 is 0 Å². The molecule has 11 N–H and O–H groups in total. The molecule has 0 spiro atoms. The molecular weight excluding hydrogens is 456 g/mol. The quantitative estimate of drug-likeness (QED) is 0.136. The highest BCUT2D eigenvalue weighted by atomic mass is 16.7. The number of hydrogen-bond donors (Lipinski definition) is 11. The number of hydrogen-bond acceptors (Lipinski definition) is 15. The van der Waals surface area contributed by atoms with E-state index in [1.165, 1.54) is 6.92 Å². The number of aliphatic hydroxyl groups excluding tert-OH is 11. The standard InChI is InChI=1S/C18H34O15/c1-5(22)9(24)15(6(23)2-19)32-18-14(29)12(27)16(8(4-21)31-18)33-17-13(28)11(26)10(25)7(3-20)30-17/h5-29H,2-4H2,1H3/t5-,6-,7+,8+,9-,10+,11-,12+,13-,14+,15-,16-,17-,18+/m0/s1. The van der Waals surface area contributed by atoms with Crippen LogP contribution < -0.4 is 0 Å². The molecule has 0 amide bonds. The largest absolute Gasteiger partial charge is 0.394 e. The average Bonchev–Trinajstić information content (AvgIpc) is 2.80. The first-order valence-corrected chi connectivity index (χ1v) is 10.4. The molecule has 33 heavy (non-hydrogen) atoms. The van der Waals surface area contributed by atoms with Crippen LogP contribution in [0.2, 0.25) is 0 Å². The molecule has 196 valence electrons. The molecule has 15 nitrogen and oxygen atoms in total. The summed E-state index contributed by atoms with van der Waals surface area (Å²) >= 11 is 0. The summed E-state index contributed by atoms with van der Waals surface area (Å²) in [6.45, 7) is -1.26. The molecule has 0 aromatic rings. The Morgan fingerprint density at radius 1 is 0.727 bits per heavy atom. The van der Waals surface area contributed by atoms with Crippen molar-refractivity contribution in [2.75, 3.05) is 19.8 Å². The third-order valence-electron chi connectivity index (χ3n) is 5.65. The summed E-state index contributed by atoms with van der Waals surface area (Å²) < 4.78 is 21.3. The van der Waals surface area contributed by atoms with Crippen molar-refractivity contribution in [1.82, 2.24) is 0 Å². The van der Waals surface area contributed by atoms with Crippen molar-refractivity contribution in [1.29, 1.82) is 0 Å². The van der Waals surface area contributed by atoms with Gasteiger partial charge in [-0.2, -0.15) is 0 Å². The maximum Gasteiger partial charge on any atom is 0.187 e. The van der Waals surface area contributed by atoms with Crippen LogP contribution in [0, 0.1) is 0 Å². The first-order valence-electron chi connectivity index (χ1n) is 10.4. The Kier molecular flexibility index (Phi) is 10.7. The maximum absolute atomic E-state index is 10.6. The van der Waals surface area contributed by atoms with Gasteiger partial charge in [-0.15, -0.1) is 0 Å². The van der Waals surface area contributed by atoms with Crippen molar-refractivity contribution in [3.8, 4) is 0 Å². The maximum atomic E-state index is 10.6. The van der Waals surface area contributed by atoms with Crippen LogP contribution in [0.25, 0.3) is 0 Å². The van der Waals surface area contributed by atoms with Crippen LogP contribution in [0.1, 0.15) is 6.92 Å². The molecule has 0 saturated carbocycles. The van der Waals surface area contributed by atoms with E-state index in [1.807, 2.05) is 0 Å². The van der Waals surface area contributed by atoms with E-state index in [9.17, 15) is 56.2 Å². The predicted octanol–water partition coefficient (Wildman–Crippen LogP) is -6.91. The van der Waals surface area contributed by atoms with Gasteiger partial charge in [0.2, 0.25) is 0 Å². The van der Waals surface area contributed by atoms with Gasteiger partial charge in [0, 0.05) is 0 Å². The molecule has 2 rings (SSSR count). The van der Waals surface area contributed by atoms with Gasteiger partial charge in [0.05, 0.1) is 25.9 Å². The van der Waals surface area contributed by atoms with E-state index >= 15 is 0 Å². The first kappa shape index (κ1) is 28.6. The van der Waals surface area contributed by atoms with Gasteiger partial charge < -0.3 is 75.1 Å². The van der Waals surface area contributed by atoms with Crippen molar-refractivity contribution in [2.45, 2.75) is 92.8 Å². The van der Waals surface area contributed by atoms with Crippen LogP contribution in [-0.2, 0) is 18.9 Å². The van der Waals surface area contributed by atoms with Gasteiger partial charge in [-0.25, -0.2) is 0 Å². The highest BCUT2D eigenvalue weighted by Crippen LogP contribution is 2.30. The lowest BCUT2D eigenvalue weighted by molar-refractivity contribution is -0.367. The lowest BCUT2D eigenvalue weighted by Gasteiger charge is -2.46. The minimum atomic E-state index is -1.92. The second-order valence-corrected chi connectivity index (χ2v) is 8.09. The fraction of sp³-hybridized carbons (Fsp3) is 1.00. The lowest BCUT2D eigenvalue weighted by atomic mass is 9.96. The Bertz CT molecular complexity index is 577. The molecule has 0 aromatic carbocycles. The second kappa shape index (κ2) is 12.4. The van der Waals surface area contributed by atoms with E-state index in [2.05, 4.69) is 0 Å². The SMILES string of the molecule is C[C@H](O)[C@H](O)[C@@H](O[C@H]1O[C@H](CO)[C@H](O[C@@H]2O[C@H](CO)[C@@H](O)[C@H](O)[C@@H]2O)[C@H](O)[C@H]1O)[C@@H](O)CO. The lowest BCUT2D eigenvalue weighted by Crippen LogP contribution is -2.65. The van der Waals surface area contributed by atoms with E-state index < -0.39 is 106 Å². The van der Waals surface area contributed by atoms with Crippen LogP contribution in [0.5, 0.6) is 0 Å². The highest BCUT2D eigenvalue weighted by Gasteiger charge is 2.51. The average molecular weight is 490 g/mol. The van der Waals surface area contributed by atoms with E-state index in [0.29, 0.717) is 0 Å². The normalized spacial score (nSPS) is 43.6. The van der Waals surface area contributed by atoms with Crippen LogP contribution in [0.3, 0.4) is 0 Å². The fourth-order valence-corrected chi connectivity index (χ4v) is 3.60. The third kappa shape index (κ3) is 6.35. The van der Waals surface area contributed by atoms with E-state index in [4.69, 9.17) is 18.9 Å². The molecule has 2 fully saturated rings. The highest BCUT2D eigenvalue weighted by molar-refractivity contribution is 4.95. The van der Waals surface area contributed by atoms with Crippen molar-refractivity contribution < 1.29 is 75.1 Å². The number of aliphatic hydroxyl groups is 11. The Morgan fingerprint density at radius 3 is 1.79 bits per heavy atom. The predicted molar refractivity (Wildman–Crippen MR) is 102 cm³/mol. The van der Waals surface area contributed by atoms with E-state index in [1.54, 1.807) is 0 Å². The molecular formula is C18H34O15. The Balaban J connectivity index is 2.16. The summed E-state index contributed by atoms with van der Waals surface area (Å²) in [5, 5.41) is 109. The molecule has 2 heterocycles. The monoisotopic (exact) mass is 490 g/mol. The van der Waals surface area contributed by atoms with Crippen molar-refractivity contribution in [3.05, 3.63) is 0 Å². The van der Waals surface area contributed by atoms with Crippen LogP contribution >= 0.6 is 0 Å². The van der Waals surface area contributed by atoms with Crippen molar-refractivity contribution in [2.24, 2.45) is 0 Å². The third-order valence-corrected chi connectivity index (χ3v) is 5.65. The Labute approximate surface area is 188 Å².